The molecule has 0 saturated heterocycles. The first-order chi connectivity index (χ1) is 10.2. The molecule has 2 aromatic carbocycles. The van der Waals surface area contributed by atoms with Crippen LogP contribution in [0.5, 0.6) is 0 Å². The molecule has 0 fully saturated rings. The molecule has 1 nitrogen and oxygen atoms in total. The first kappa shape index (κ1) is 14.2. The largest absolute Gasteiger partial charge is 0.306 e. The van der Waals surface area contributed by atoms with E-state index in [0.29, 0.717) is 0 Å². The molecule has 1 unspecified atom stereocenters. The maximum Gasteiger partial charge on any atom is 0.123 e. The molecular weight excluding hydrogens is 281 g/mol. The van der Waals surface area contributed by atoms with Gasteiger partial charge < -0.3 is 5.32 Å². The molecule has 3 aromatic rings. The third-order valence-corrected chi connectivity index (χ3v) is 4.87. The molecule has 1 aromatic heterocycles. The van der Waals surface area contributed by atoms with E-state index in [2.05, 4.69) is 49.5 Å². The van der Waals surface area contributed by atoms with Gasteiger partial charge in [-0.1, -0.05) is 31.2 Å². The average Bonchev–Trinajstić information content (AvgIpc) is 2.88. The number of hydrogen-bond donors (Lipinski definition) is 1. The highest BCUT2D eigenvalue weighted by Gasteiger charge is 2.17. The summed E-state index contributed by atoms with van der Waals surface area (Å²) in [5, 5.41) is 4.53. The number of hydrogen-bond acceptors (Lipinski definition) is 2. The minimum Gasteiger partial charge on any atom is -0.306 e. The van der Waals surface area contributed by atoms with Crippen LogP contribution >= 0.6 is 11.3 Å². The molecule has 3 rings (SSSR count). The van der Waals surface area contributed by atoms with Gasteiger partial charge in [-0.2, -0.15) is 0 Å². The van der Waals surface area contributed by atoms with Crippen LogP contribution in [0.15, 0.2) is 48.5 Å². The van der Waals surface area contributed by atoms with Crippen LogP contribution in [0.4, 0.5) is 4.39 Å². The Morgan fingerprint density at radius 2 is 1.95 bits per heavy atom. The van der Waals surface area contributed by atoms with Crippen molar-refractivity contribution in [3.63, 3.8) is 0 Å². The Kier molecular flexibility index (Phi) is 4.04. The van der Waals surface area contributed by atoms with Crippen LogP contribution in [0, 0.1) is 12.7 Å². The highest BCUT2D eigenvalue weighted by molar-refractivity contribution is 7.19. The van der Waals surface area contributed by atoms with Gasteiger partial charge in [0.1, 0.15) is 5.82 Å². The summed E-state index contributed by atoms with van der Waals surface area (Å²) in [5.74, 6) is -0.178. The van der Waals surface area contributed by atoms with E-state index in [1.54, 1.807) is 17.4 Å². The van der Waals surface area contributed by atoms with Gasteiger partial charge in [0.05, 0.1) is 6.04 Å². The van der Waals surface area contributed by atoms with Gasteiger partial charge >= 0.3 is 0 Å². The van der Waals surface area contributed by atoms with Crippen molar-refractivity contribution in [3.8, 4) is 0 Å². The topological polar surface area (TPSA) is 12.0 Å². The van der Waals surface area contributed by atoms with Gasteiger partial charge in [0.15, 0.2) is 0 Å². The summed E-state index contributed by atoms with van der Waals surface area (Å²) < 4.78 is 14.5. The van der Waals surface area contributed by atoms with Crippen molar-refractivity contribution in [1.82, 2.24) is 5.32 Å². The summed E-state index contributed by atoms with van der Waals surface area (Å²) in [5.41, 5.74) is 2.55. The van der Waals surface area contributed by atoms with E-state index >= 15 is 0 Å². The standard InChI is InChI=1S/C18H18FNS/c1-3-20-18(15-7-5-4-6-12(15)2)17-11-13-10-14(19)8-9-16(13)21-17/h4-11,18,20H,3H2,1-2H3. The molecule has 108 valence electrons. The minimum atomic E-state index is -0.178. The summed E-state index contributed by atoms with van der Waals surface area (Å²) in [6, 6.07) is 15.7. The molecule has 21 heavy (non-hydrogen) atoms. The molecule has 0 aliphatic carbocycles. The maximum absolute atomic E-state index is 13.4. The maximum atomic E-state index is 13.4. The van der Waals surface area contributed by atoms with Crippen molar-refractivity contribution in [2.75, 3.05) is 6.54 Å². The van der Waals surface area contributed by atoms with Crippen LogP contribution in [0.25, 0.3) is 10.1 Å². The summed E-state index contributed by atoms with van der Waals surface area (Å²) in [6.07, 6.45) is 0. The lowest BCUT2D eigenvalue weighted by Crippen LogP contribution is -2.21. The number of halogens is 1. The number of fused-ring (bicyclic) bond motifs is 1. The SMILES string of the molecule is CCNC(c1cc2cc(F)ccc2s1)c1ccccc1C. The van der Waals surface area contributed by atoms with Crippen LogP contribution in [0.1, 0.15) is 29.0 Å². The predicted octanol–water partition coefficient (Wildman–Crippen LogP) is 5.05. The second-order valence-electron chi connectivity index (χ2n) is 5.18. The van der Waals surface area contributed by atoms with E-state index in [1.165, 1.54) is 22.1 Å². The molecule has 1 atom stereocenters. The second-order valence-corrected chi connectivity index (χ2v) is 6.29. The van der Waals surface area contributed by atoms with Gasteiger partial charge in [-0.25, -0.2) is 4.39 Å². The molecular formula is C18H18FNS. The van der Waals surface area contributed by atoms with Crippen molar-refractivity contribution < 1.29 is 4.39 Å². The Hall–Kier alpha value is -1.71. The fourth-order valence-corrected chi connectivity index (χ4v) is 3.80. The highest BCUT2D eigenvalue weighted by Crippen LogP contribution is 2.34. The zero-order valence-corrected chi connectivity index (χ0v) is 13.0. The Morgan fingerprint density at radius 3 is 2.71 bits per heavy atom. The van der Waals surface area contributed by atoms with Gasteiger partial charge in [-0.05, 0) is 54.2 Å². The minimum absolute atomic E-state index is 0.164. The number of nitrogens with one attached hydrogen (secondary N) is 1. The van der Waals surface area contributed by atoms with Crippen molar-refractivity contribution in [2.24, 2.45) is 0 Å². The fraction of sp³-hybridized carbons (Fsp3) is 0.222. The number of rotatable bonds is 4. The van der Waals surface area contributed by atoms with Gasteiger partial charge in [-0.3, -0.25) is 0 Å². The Balaban J connectivity index is 2.09. The summed E-state index contributed by atoms with van der Waals surface area (Å²) in [6.45, 7) is 5.13. The summed E-state index contributed by atoms with van der Waals surface area (Å²) >= 11 is 1.73. The van der Waals surface area contributed by atoms with E-state index in [-0.39, 0.29) is 11.9 Å². The third kappa shape index (κ3) is 2.85. The van der Waals surface area contributed by atoms with E-state index in [4.69, 9.17) is 0 Å². The molecule has 0 saturated carbocycles. The molecule has 3 heteroatoms. The second kappa shape index (κ2) is 5.96. The highest BCUT2D eigenvalue weighted by atomic mass is 32.1. The molecule has 1 N–H and O–H groups in total. The third-order valence-electron chi connectivity index (χ3n) is 3.69. The van der Waals surface area contributed by atoms with E-state index in [1.807, 2.05) is 6.07 Å². The van der Waals surface area contributed by atoms with E-state index in [0.717, 1.165) is 16.6 Å². The first-order valence-electron chi connectivity index (χ1n) is 7.17. The molecule has 0 spiro atoms. The smallest absolute Gasteiger partial charge is 0.123 e. The molecule has 0 aliphatic rings. The Labute approximate surface area is 128 Å². The number of thiophene rings is 1. The molecule has 0 bridgehead atoms. The van der Waals surface area contributed by atoms with Crippen LogP contribution in [-0.4, -0.2) is 6.54 Å². The first-order valence-corrected chi connectivity index (χ1v) is 7.98. The van der Waals surface area contributed by atoms with Crippen LogP contribution in [-0.2, 0) is 0 Å². The normalized spacial score (nSPS) is 12.7. The quantitative estimate of drug-likeness (QED) is 0.711. The van der Waals surface area contributed by atoms with Crippen molar-refractivity contribution >= 4 is 21.4 Å². The predicted molar refractivity (Wildman–Crippen MR) is 88.5 cm³/mol. The molecule has 0 aliphatic heterocycles. The zero-order chi connectivity index (χ0) is 14.8. The monoisotopic (exact) mass is 299 g/mol. The van der Waals surface area contributed by atoms with Crippen LogP contribution < -0.4 is 5.32 Å². The summed E-state index contributed by atoms with van der Waals surface area (Å²) in [7, 11) is 0. The molecule has 1 heterocycles. The van der Waals surface area contributed by atoms with Gasteiger partial charge in [-0.15, -0.1) is 11.3 Å². The Bertz CT molecular complexity index is 763. The van der Waals surface area contributed by atoms with E-state index < -0.39 is 0 Å². The molecule has 0 radical (unpaired) electrons. The number of benzene rings is 2. The van der Waals surface area contributed by atoms with Gasteiger partial charge in [0.2, 0.25) is 0 Å². The van der Waals surface area contributed by atoms with Crippen LogP contribution in [0.3, 0.4) is 0 Å². The van der Waals surface area contributed by atoms with E-state index in [9.17, 15) is 4.39 Å². The van der Waals surface area contributed by atoms with Crippen LogP contribution in [0.2, 0.25) is 0 Å². The number of aryl methyl sites for hydroxylation is 1. The lowest BCUT2D eigenvalue weighted by molar-refractivity contribution is 0.629. The zero-order valence-electron chi connectivity index (χ0n) is 12.2. The van der Waals surface area contributed by atoms with Gasteiger partial charge in [0, 0.05) is 9.58 Å². The van der Waals surface area contributed by atoms with Gasteiger partial charge in [0.25, 0.3) is 0 Å². The average molecular weight is 299 g/mol. The Morgan fingerprint density at radius 1 is 1.14 bits per heavy atom. The van der Waals surface area contributed by atoms with Crippen molar-refractivity contribution in [2.45, 2.75) is 19.9 Å². The molecule has 0 amide bonds. The summed E-state index contributed by atoms with van der Waals surface area (Å²) in [4.78, 5) is 1.23. The van der Waals surface area contributed by atoms with Crippen molar-refractivity contribution in [3.05, 3.63) is 70.4 Å². The lowest BCUT2D eigenvalue weighted by atomic mass is 10.00. The lowest BCUT2D eigenvalue weighted by Gasteiger charge is -2.19. The fourth-order valence-electron chi connectivity index (χ4n) is 2.66. The van der Waals surface area contributed by atoms with Crippen molar-refractivity contribution in [1.29, 1.82) is 0 Å².